The fourth-order valence-electron chi connectivity index (χ4n) is 0.728. The molecular formula is C7H10F3NO3. The Labute approximate surface area is 78.1 Å². The van der Waals surface area contributed by atoms with Crippen LogP contribution in [-0.4, -0.2) is 29.7 Å². The minimum atomic E-state index is -4.20. The minimum absolute atomic E-state index is 0.0544. The zero-order valence-corrected chi connectivity index (χ0v) is 7.23. The minimum Gasteiger partial charge on any atom is -0.474 e. The summed E-state index contributed by atoms with van der Waals surface area (Å²) in [6, 6.07) is 0. The molecule has 0 radical (unpaired) electrons. The number of rotatable bonds is 4. The highest BCUT2D eigenvalue weighted by Crippen LogP contribution is 2.21. The molecule has 82 valence electrons. The Hall–Kier alpha value is -1.27. The Bertz CT molecular complexity index is 215. The Morgan fingerprint density at radius 2 is 1.79 bits per heavy atom. The molecule has 0 aliphatic rings. The molecule has 0 atom stereocenters. The van der Waals surface area contributed by atoms with Gasteiger partial charge in [-0.05, 0) is 12.8 Å². The first-order valence-electron chi connectivity index (χ1n) is 3.91. The topological polar surface area (TPSA) is 66.4 Å². The van der Waals surface area contributed by atoms with E-state index in [1.54, 1.807) is 0 Å². The molecule has 0 aromatic heterocycles. The van der Waals surface area contributed by atoms with Gasteiger partial charge in [0.15, 0.2) is 0 Å². The van der Waals surface area contributed by atoms with E-state index in [1.807, 2.05) is 5.32 Å². The van der Waals surface area contributed by atoms with Gasteiger partial charge in [0.2, 0.25) is 0 Å². The second-order valence-electron chi connectivity index (χ2n) is 2.63. The summed E-state index contributed by atoms with van der Waals surface area (Å²) in [5, 5.41) is 10.0. The maximum absolute atomic E-state index is 11.6. The molecule has 0 saturated heterocycles. The van der Waals surface area contributed by atoms with Gasteiger partial charge < -0.3 is 10.4 Å². The predicted octanol–water partition coefficient (Wildman–Crippen LogP) is 0.920. The van der Waals surface area contributed by atoms with Crippen LogP contribution in [0.3, 0.4) is 0 Å². The first-order valence-corrected chi connectivity index (χ1v) is 3.91. The number of nitrogens with one attached hydrogen (secondary N) is 1. The highest BCUT2D eigenvalue weighted by Gasteiger charge is 2.25. The number of unbranched alkanes of at least 4 members (excludes halogenated alkanes) is 1. The van der Waals surface area contributed by atoms with Gasteiger partial charge in [0.05, 0.1) is 0 Å². The van der Waals surface area contributed by atoms with E-state index in [0.717, 1.165) is 0 Å². The van der Waals surface area contributed by atoms with Crippen molar-refractivity contribution < 1.29 is 27.9 Å². The van der Waals surface area contributed by atoms with Crippen molar-refractivity contribution in [2.24, 2.45) is 0 Å². The van der Waals surface area contributed by atoms with Crippen LogP contribution in [0.25, 0.3) is 0 Å². The van der Waals surface area contributed by atoms with Crippen LogP contribution in [0, 0.1) is 0 Å². The molecule has 0 aliphatic heterocycles. The molecule has 0 bridgehead atoms. The van der Waals surface area contributed by atoms with E-state index < -0.39 is 24.5 Å². The summed E-state index contributed by atoms with van der Waals surface area (Å²) in [5.74, 6) is -2.84. The fourth-order valence-corrected chi connectivity index (χ4v) is 0.728. The highest BCUT2D eigenvalue weighted by molar-refractivity contribution is 6.31. The second kappa shape index (κ2) is 5.46. The molecule has 0 fully saturated rings. The van der Waals surface area contributed by atoms with E-state index in [1.165, 1.54) is 0 Å². The molecule has 0 unspecified atom stereocenters. The monoisotopic (exact) mass is 213 g/mol. The molecule has 0 aromatic carbocycles. The van der Waals surface area contributed by atoms with Gasteiger partial charge in [-0.25, -0.2) is 4.79 Å². The molecule has 0 aliphatic carbocycles. The molecule has 0 spiro atoms. The van der Waals surface area contributed by atoms with Crippen molar-refractivity contribution in [3.63, 3.8) is 0 Å². The number of carboxylic acids is 1. The third kappa shape index (κ3) is 7.38. The number of alkyl halides is 3. The Kier molecular flexibility index (Phi) is 4.96. The van der Waals surface area contributed by atoms with Gasteiger partial charge in [-0.3, -0.25) is 4.79 Å². The average Bonchev–Trinajstić information content (AvgIpc) is 2.01. The zero-order valence-electron chi connectivity index (χ0n) is 7.23. The number of carbonyl (C=O) groups is 2. The van der Waals surface area contributed by atoms with Crippen molar-refractivity contribution >= 4 is 11.9 Å². The van der Waals surface area contributed by atoms with Gasteiger partial charge in [-0.15, -0.1) is 0 Å². The van der Waals surface area contributed by atoms with Crippen LogP contribution in [0.2, 0.25) is 0 Å². The third-order valence-corrected chi connectivity index (χ3v) is 1.37. The number of amides is 1. The normalized spacial score (nSPS) is 11.1. The van der Waals surface area contributed by atoms with Crippen LogP contribution in [0.15, 0.2) is 0 Å². The summed E-state index contributed by atoms with van der Waals surface area (Å²) in [6.07, 6.45) is -5.13. The Balaban J connectivity index is 3.39. The van der Waals surface area contributed by atoms with E-state index in [4.69, 9.17) is 5.11 Å². The van der Waals surface area contributed by atoms with Crippen LogP contribution in [-0.2, 0) is 9.59 Å². The lowest BCUT2D eigenvalue weighted by Gasteiger charge is -2.05. The first-order chi connectivity index (χ1) is 6.33. The summed E-state index contributed by atoms with van der Waals surface area (Å²) < 4.78 is 34.8. The summed E-state index contributed by atoms with van der Waals surface area (Å²) in [4.78, 5) is 20.3. The van der Waals surface area contributed by atoms with Crippen LogP contribution in [0.1, 0.15) is 19.3 Å². The lowest BCUT2D eigenvalue weighted by atomic mass is 10.2. The molecule has 7 heteroatoms. The van der Waals surface area contributed by atoms with Gasteiger partial charge in [0.25, 0.3) is 0 Å². The van der Waals surface area contributed by atoms with E-state index in [2.05, 4.69) is 0 Å². The summed E-state index contributed by atoms with van der Waals surface area (Å²) >= 11 is 0. The molecule has 1 amide bonds. The first kappa shape index (κ1) is 12.7. The van der Waals surface area contributed by atoms with E-state index in [0.29, 0.717) is 0 Å². The van der Waals surface area contributed by atoms with Crippen molar-refractivity contribution in [1.29, 1.82) is 0 Å². The third-order valence-electron chi connectivity index (χ3n) is 1.37. The number of aliphatic carboxylic acids is 1. The van der Waals surface area contributed by atoms with Gasteiger partial charge in [0.1, 0.15) is 0 Å². The molecule has 14 heavy (non-hydrogen) atoms. The van der Waals surface area contributed by atoms with Gasteiger partial charge in [-0.2, -0.15) is 13.2 Å². The second-order valence-corrected chi connectivity index (χ2v) is 2.63. The molecule has 2 N–H and O–H groups in total. The van der Waals surface area contributed by atoms with Gasteiger partial charge >= 0.3 is 18.1 Å². The summed E-state index contributed by atoms with van der Waals surface area (Å²) in [6.45, 7) is -0.0544. The number of hydrogen-bond donors (Lipinski definition) is 2. The van der Waals surface area contributed by atoms with Gasteiger partial charge in [0, 0.05) is 13.0 Å². The molecule has 0 saturated carbocycles. The molecule has 4 nitrogen and oxygen atoms in total. The number of halogens is 3. The molecule has 0 aromatic rings. The summed E-state index contributed by atoms with van der Waals surface area (Å²) in [7, 11) is 0. The zero-order chi connectivity index (χ0) is 11.2. The quantitative estimate of drug-likeness (QED) is 0.539. The van der Waals surface area contributed by atoms with Crippen LogP contribution < -0.4 is 5.32 Å². The highest BCUT2D eigenvalue weighted by atomic mass is 19.4. The SMILES string of the molecule is O=C(O)C(=O)NCCCCC(F)(F)F. The van der Waals surface area contributed by atoms with Crippen molar-refractivity contribution in [2.75, 3.05) is 6.54 Å². The van der Waals surface area contributed by atoms with Crippen molar-refractivity contribution in [3.8, 4) is 0 Å². The smallest absolute Gasteiger partial charge is 0.394 e. The number of carboxylic acid groups (broad SMARTS) is 1. The van der Waals surface area contributed by atoms with Crippen LogP contribution >= 0.6 is 0 Å². The van der Waals surface area contributed by atoms with Crippen molar-refractivity contribution in [2.45, 2.75) is 25.4 Å². The lowest BCUT2D eigenvalue weighted by Crippen LogP contribution is -2.31. The van der Waals surface area contributed by atoms with E-state index in [-0.39, 0.29) is 19.4 Å². The number of hydrogen-bond acceptors (Lipinski definition) is 2. The molecule has 0 heterocycles. The maximum atomic E-state index is 11.6. The average molecular weight is 213 g/mol. The van der Waals surface area contributed by atoms with Crippen LogP contribution in [0.4, 0.5) is 13.2 Å². The maximum Gasteiger partial charge on any atom is 0.394 e. The lowest BCUT2D eigenvalue weighted by molar-refractivity contribution is -0.150. The fraction of sp³-hybridized carbons (Fsp3) is 0.714. The van der Waals surface area contributed by atoms with E-state index >= 15 is 0 Å². The Morgan fingerprint density at radius 3 is 2.21 bits per heavy atom. The number of carbonyl (C=O) groups excluding carboxylic acids is 1. The summed E-state index contributed by atoms with van der Waals surface area (Å²) in [5.41, 5.74) is 0. The largest absolute Gasteiger partial charge is 0.474 e. The van der Waals surface area contributed by atoms with Crippen LogP contribution in [0.5, 0.6) is 0 Å². The van der Waals surface area contributed by atoms with Crippen molar-refractivity contribution in [1.82, 2.24) is 5.32 Å². The standard InChI is InChI=1S/C7H10F3NO3/c8-7(9,10)3-1-2-4-11-5(12)6(13)14/h1-4H2,(H,11,12)(H,13,14). The Morgan fingerprint density at radius 1 is 1.21 bits per heavy atom. The predicted molar refractivity (Wildman–Crippen MR) is 40.6 cm³/mol. The van der Waals surface area contributed by atoms with E-state index in [9.17, 15) is 22.8 Å². The van der Waals surface area contributed by atoms with Gasteiger partial charge in [-0.1, -0.05) is 0 Å². The van der Waals surface area contributed by atoms with Crippen molar-refractivity contribution in [3.05, 3.63) is 0 Å². The molecular weight excluding hydrogens is 203 g/mol. The molecule has 0 rings (SSSR count).